The molecule has 7 nitrogen and oxygen atoms in total. The molecule has 108 valence electrons. The molecule has 0 aliphatic carbocycles. The van der Waals surface area contributed by atoms with Gasteiger partial charge in [0.15, 0.2) is 0 Å². The van der Waals surface area contributed by atoms with E-state index in [4.69, 9.17) is 10.8 Å². The minimum atomic E-state index is -0.996. The van der Waals surface area contributed by atoms with Crippen LogP contribution in [-0.2, 0) is 9.59 Å². The lowest BCUT2D eigenvalue weighted by molar-refractivity contribution is -0.143. The number of carboxylic acids is 1. The Kier molecular flexibility index (Phi) is 4.74. The first-order valence-corrected chi connectivity index (χ1v) is 6.33. The molecule has 3 amide bonds. The monoisotopic (exact) mass is 271 g/mol. The second-order valence-corrected chi connectivity index (χ2v) is 5.45. The van der Waals surface area contributed by atoms with Crippen molar-refractivity contribution in [2.45, 2.75) is 39.2 Å². The number of nitrogens with one attached hydrogen (secondary N) is 1. The second kappa shape index (κ2) is 5.90. The molecule has 0 bridgehead atoms. The van der Waals surface area contributed by atoms with Crippen molar-refractivity contribution in [3.8, 4) is 0 Å². The molecule has 0 aromatic heterocycles. The van der Waals surface area contributed by atoms with E-state index in [1.807, 2.05) is 0 Å². The zero-order valence-electron chi connectivity index (χ0n) is 11.3. The lowest BCUT2D eigenvalue weighted by atomic mass is 9.93. The van der Waals surface area contributed by atoms with E-state index < -0.39 is 29.4 Å². The van der Waals surface area contributed by atoms with Crippen molar-refractivity contribution in [3.05, 3.63) is 0 Å². The summed E-state index contributed by atoms with van der Waals surface area (Å²) in [7, 11) is 0. The number of amides is 3. The molecule has 19 heavy (non-hydrogen) atoms. The molecule has 1 atom stereocenters. The van der Waals surface area contributed by atoms with Crippen LogP contribution >= 0.6 is 0 Å². The van der Waals surface area contributed by atoms with E-state index in [0.717, 1.165) is 12.8 Å². The van der Waals surface area contributed by atoms with Gasteiger partial charge in [-0.05, 0) is 33.1 Å². The first-order chi connectivity index (χ1) is 8.75. The van der Waals surface area contributed by atoms with E-state index >= 15 is 0 Å². The van der Waals surface area contributed by atoms with Gasteiger partial charge in [-0.2, -0.15) is 0 Å². The summed E-state index contributed by atoms with van der Waals surface area (Å²) in [5.74, 6) is -1.51. The SMILES string of the molecule is CC(C)(CNC(=O)N1CCCCC1C(=O)O)C(N)=O. The van der Waals surface area contributed by atoms with Crippen LogP contribution in [0.15, 0.2) is 0 Å². The number of nitrogens with two attached hydrogens (primary N) is 1. The maximum atomic E-state index is 12.0. The predicted molar refractivity (Wildman–Crippen MR) is 68.4 cm³/mol. The highest BCUT2D eigenvalue weighted by molar-refractivity contribution is 5.84. The Morgan fingerprint density at radius 3 is 2.53 bits per heavy atom. The van der Waals surface area contributed by atoms with E-state index in [9.17, 15) is 14.4 Å². The summed E-state index contributed by atoms with van der Waals surface area (Å²) >= 11 is 0. The van der Waals surface area contributed by atoms with Gasteiger partial charge >= 0.3 is 12.0 Å². The van der Waals surface area contributed by atoms with E-state index in [1.165, 1.54) is 4.90 Å². The lowest BCUT2D eigenvalue weighted by Gasteiger charge is -2.33. The van der Waals surface area contributed by atoms with Gasteiger partial charge in [-0.25, -0.2) is 9.59 Å². The first kappa shape index (κ1) is 15.3. The summed E-state index contributed by atoms with van der Waals surface area (Å²) in [4.78, 5) is 35.5. The number of carbonyl (C=O) groups is 3. The van der Waals surface area contributed by atoms with Crippen LogP contribution in [0.1, 0.15) is 33.1 Å². The van der Waals surface area contributed by atoms with Gasteiger partial charge in [-0.3, -0.25) is 4.79 Å². The number of likely N-dealkylation sites (tertiary alicyclic amines) is 1. The van der Waals surface area contributed by atoms with E-state index in [0.29, 0.717) is 13.0 Å². The fourth-order valence-corrected chi connectivity index (χ4v) is 1.92. The highest BCUT2D eigenvalue weighted by Gasteiger charge is 2.33. The fraction of sp³-hybridized carbons (Fsp3) is 0.750. The number of urea groups is 1. The van der Waals surface area contributed by atoms with Gasteiger partial charge in [-0.15, -0.1) is 0 Å². The van der Waals surface area contributed by atoms with E-state index in [2.05, 4.69) is 5.32 Å². The van der Waals surface area contributed by atoms with E-state index in [-0.39, 0.29) is 6.54 Å². The van der Waals surface area contributed by atoms with Crippen LogP contribution in [0, 0.1) is 5.41 Å². The summed E-state index contributed by atoms with van der Waals surface area (Å²) in [6, 6.07) is -1.24. The summed E-state index contributed by atoms with van der Waals surface area (Å²) in [6.07, 6.45) is 2.05. The minimum absolute atomic E-state index is 0.0873. The van der Waals surface area contributed by atoms with Crippen LogP contribution in [0.4, 0.5) is 4.79 Å². The number of carboxylic acid groups (broad SMARTS) is 1. The molecule has 0 aromatic carbocycles. The van der Waals surface area contributed by atoms with Crippen LogP contribution in [0.5, 0.6) is 0 Å². The summed E-state index contributed by atoms with van der Waals surface area (Å²) in [5.41, 5.74) is 4.36. The number of nitrogens with zero attached hydrogens (tertiary/aromatic N) is 1. The van der Waals surface area contributed by atoms with E-state index in [1.54, 1.807) is 13.8 Å². The molecular formula is C12H21N3O4. The number of rotatable bonds is 4. The number of aliphatic carboxylic acids is 1. The Morgan fingerprint density at radius 1 is 1.37 bits per heavy atom. The molecule has 1 fully saturated rings. The summed E-state index contributed by atoms with van der Waals surface area (Å²) in [6.45, 7) is 3.75. The quantitative estimate of drug-likeness (QED) is 0.675. The molecule has 4 N–H and O–H groups in total. The molecule has 1 unspecified atom stereocenters. The largest absolute Gasteiger partial charge is 0.480 e. The Morgan fingerprint density at radius 2 is 2.00 bits per heavy atom. The summed E-state index contributed by atoms with van der Waals surface area (Å²) in [5, 5.41) is 11.7. The fourth-order valence-electron chi connectivity index (χ4n) is 1.92. The number of carbonyl (C=O) groups excluding carboxylic acids is 2. The maximum absolute atomic E-state index is 12.0. The number of hydrogen-bond acceptors (Lipinski definition) is 3. The third-order valence-corrected chi connectivity index (χ3v) is 3.40. The van der Waals surface area contributed by atoms with Crippen molar-refractivity contribution in [3.63, 3.8) is 0 Å². The standard InChI is InChI=1S/C12H21N3O4/c1-12(2,10(13)18)7-14-11(19)15-6-4-3-5-8(15)9(16)17/h8H,3-7H2,1-2H3,(H2,13,18)(H,14,19)(H,16,17). The Hall–Kier alpha value is -1.79. The molecular weight excluding hydrogens is 250 g/mol. The van der Waals surface area contributed by atoms with Crippen LogP contribution < -0.4 is 11.1 Å². The molecule has 0 aromatic rings. The van der Waals surface area contributed by atoms with Gasteiger partial charge in [0.25, 0.3) is 0 Å². The van der Waals surface area contributed by atoms with Crippen molar-refractivity contribution in [1.82, 2.24) is 10.2 Å². The van der Waals surface area contributed by atoms with Crippen molar-refractivity contribution in [2.75, 3.05) is 13.1 Å². The van der Waals surface area contributed by atoms with Gasteiger partial charge in [0.2, 0.25) is 5.91 Å². The van der Waals surface area contributed by atoms with Crippen LogP contribution in [0.2, 0.25) is 0 Å². The molecule has 0 radical (unpaired) electrons. The third kappa shape index (κ3) is 3.84. The van der Waals surface area contributed by atoms with Crippen LogP contribution in [0.3, 0.4) is 0 Å². The molecule has 1 rings (SSSR count). The van der Waals surface area contributed by atoms with Gasteiger partial charge in [0.05, 0.1) is 5.41 Å². The van der Waals surface area contributed by atoms with Crippen molar-refractivity contribution >= 4 is 17.9 Å². The molecule has 1 aliphatic heterocycles. The van der Waals surface area contributed by atoms with Crippen LogP contribution in [0.25, 0.3) is 0 Å². The molecule has 0 saturated carbocycles. The highest BCUT2D eigenvalue weighted by Crippen LogP contribution is 2.18. The smallest absolute Gasteiger partial charge is 0.326 e. The average Bonchev–Trinajstić information content (AvgIpc) is 2.35. The minimum Gasteiger partial charge on any atom is -0.480 e. The third-order valence-electron chi connectivity index (χ3n) is 3.40. The van der Waals surface area contributed by atoms with Crippen molar-refractivity contribution in [2.24, 2.45) is 11.1 Å². The topological polar surface area (TPSA) is 113 Å². The Balaban J connectivity index is 2.61. The number of primary amides is 1. The zero-order chi connectivity index (χ0) is 14.6. The van der Waals surface area contributed by atoms with Crippen LogP contribution in [-0.4, -0.2) is 47.0 Å². The molecule has 0 spiro atoms. The van der Waals surface area contributed by atoms with Crippen molar-refractivity contribution < 1.29 is 19.5 Å². The summed E-state index contributed by atoms with van der Waals surface area (Å²) < 4.78 is 0. The average molecular weight is 271 g/mol. The van der Waals surface area contributed by atoms with Gasteiger partial charge in [0.1, 0.15) is 6.04 Å². The maximum Gasteiger partial charge on any atom is 0.326 e. The lowest BCUT2D eigenvalue weighted by Crippen LogP contribution is -2.54. The zero-order valence-corrected chi connectivity index (χ0v) is 11.3. The molecule has 7 heteroatoms. The predicted octanol–water partition coefficient (Wildman–Crippen LogP) is 0.147. The number of piperidine rings is 1. The highest BCUT2D eigenvalue weighted by atomic mass is 16.4. The normalized spacial score (nSPS) is 19.9. The van der Waals surface area contributed by atoms with Crippen molar-refractivity contribution in [1.29, 1.82) is 0 Å². The van der Waals surface area contributed by atoms with Gasteiger partial charge < -0.3 is 21.1 Å². The molecule has 1 saturated heterocycles. The second-order valence-electron chi connectivity index (χ2n) is 5.45. The first-order valence-electron chi connectivity index (χ1n) is 6.33. The van der Waals surface area contributed by atoms with Gasteiger partial charge in [-0.1, -0.05) is 0 Å². The Labute approximate surface area is 112 Å². The Bertz CT molecular complexity index is 381. The number of hydrogen-bond donors (Lipinski definition) is 3. The van der Waals surface area contributed by atoms with Gasteiger partial charge in [0, 0.05) is 13.1 Å². The molecule has 1 heterocycles. The molecule has 1 aliphatic rings.